The van der Waals surface area contributed by atoms with Gasteiger partial charge in [-0.3, -0.25) is 4.98 Å². The number of fused-ring (bicyclic) bond motifs is 1. The van der Waals surface area contributed by atoms with Crippen molar-refractivity contribution in [2.45, 2.75) is 25.5 Å². The van der Waals surface area contributed by atoms with E-state index in [-0.39, 0.29) is 6.09 Å². The summed E-state index contributed by atoms with van der Waals surface area (Å²) in [4.78, 5) is 18.5. The molecule has 2 aromatic carbocycles. The smallest absolute Gasteiger partial charge is 0.410 e. The van der Waals surface area contributed by atoms with Crippen LogP contribution in [0.3, 0.4) is 0 Å². The number of aromatic nitrogens is 1. The van der Waals surface area contributed by atoms with Crippen LogP contribution in [0.25, 0.3) is 10.9 Å². The Kier molecular flexibility index (Phi) is 5.63. The summed E-state index contributed by atoms with van der Waals surface area (Å²) in [6.45, 7) is 1.66. The van der Waals surface area contributed by atoms with Crippen LogP contribution >= 0.6 is 11.6 Å². The molecule has 1 saturated heterocycles. The predicted octanol–water partition coefficient (Wildman–Crippen LogP) is 5.10. The number of nitrogens with one attached hydrogen (secondary N) is 1. The Morgan fingerprint density at radius 2 is 1.89 bits per heavy atom. The summed E-state index contributed by atoms with van der Waals surface area (Å²) in [5.74, 6) is 0. The maximum absolute atomic E-state index is 12.3. The number of likely N-dealkylation sites (tertiary alicyclic amines) is 1. The second-order valence-corrected chi connectivity index (χ2v) is 7.35. The van der Waals surface area contributed by atoms with Gasteiger partial charge in [-0.1, -0.05) is 41.9 Å². The largest absolute Gasteiger partial charge is 0.445 e. The first kappa shape index (κ1) is 18.6. The van der Waals surface area contributed by atoms with Crippen molar-refractivity contribution < 1.29 is 9.53 Å². The van der Waals surface area contributed by atoms with Gasteiger partial charge >= 0.3 is 6.09 Å². The number of piperidine rings is 1. The van der Waals surface area contributed by atoms with Crippen LogP contribution in [0.2, 0.25) is 5.02 Å². The third-order valence-corrected chi connectivity index (χ3v) is 5.34. The van der Waals surface area contributed by atoms with E-state index in [1.54, 1.807) is 11.1 Å². The molecule has 0 atom stereocenters. The quantitative estimate of drug-likeness (QED) is 0.667. The molecule has 1 aromatic heterocycles. The minimum Gasteiger partial charge on any atom is -0.445 e. The number of halogens is 1. The van der Waals surface area contributed by atoms with Gasteiger partial charge in [0.2, 0.25) is 0 Å². The highest BCUT2D eigenvalue weighted by molar-refractivity contribution is 6.35. The van der Waals surface area contributed by atoms with Gasteiger partial charge in [0.05, 0.1) is 10.5 Å². The van der Waals surface area contributed by atoms with Crippen LogP contribution in [0.4, 0.5) is 10.5 Å². The molecule has 1 amide bonds. The first-order chi connectivity index (χ1) is 13.7. The van der Waals surface area contributed by atoms with E-state index in [1.807, 2.05) is 54.6 Å². The van der Waals surface area contributed by atoms with Gasteiger partial charge in [-0.2, -0.15) is 0 Å². The molecular formula is C22H22ClN3O2. The fraction of sp³-hybridized carbons (Fsp3) is 0.273. The number of benzene rings is 2. The topological polar surface area (TPSA) is 54.5 Å². The van der Waals surface area contributed by atoms with Crippen LogP contribution in [0.15, 0.2) is 60.8 Å². The second kappa shape index (κ2) is 8.48. The Morgan fingerprint density at radius 1 is 1.11 bits per heavy atom. The minimum atomic E-state index is -0.247. The molecule has 144 valence electrons. The van der Waals surface area contributed by atoms with E-state index in [4.69, 9.17) is 16.3 Å². The lowest BCUT2D eigenvalue weighted by Gasteiger charge is -2.32. The zero-order valence-corrected chi connectivity index (χ0v) is 16.2. The van der Waals surface area contributed by atoms with Crippen molar-refractivity contribution in [2.24, 2.45) is 0 Å². The minimum absolute atomic E-state index is 0.247. The molecule has 3 aromatic rings. The Hall–Kier alpha value is -2.79. The lowest BCUT2D eigenvalue weighted by atomic mass is 10.0. The van der Waals surface area contributed by atoms with Gasteiger partial charge in [0.15, 0.2) is 0 Å². The standard InChI is InChI=1S/C22H22ClN3O2/c23-19-8-9-20(18-7-4-12-24-21(18)19)25-17-10-13-26(14-11-17)22(27)28-15-16-5-2-1-3-6-16/h1-9,12,17,25H,10-11,13-15H2. The normalized spacial score (nSPS) is 14.8. The van der Waals surface area contributed by atoms with Crippen LogP contribution in [0, 0.1) is 0 Å². The maximum Gasteiger partial charge on any atom is 0.410 e. The number of carbonyl (C=O) groups is 1. The molecule has 1 aliphatic heterocycles. The molecule has 0 bridgehead atoms. The van der Waals surface area contributed by atoms with Crippen molar-refractivity contribution in [3.63, 3.8) is 0 Å². The molecular weight excluding hydrogens is 374 g/mol. The van der Waals surface area contributed by atoms with Gasteiger partial charge in [0.1, 0.15) is 6.61 Å². The van der Waals surface area contributed by atoms with Crippen molar-refractivity contribution in [1.29, 1.82) is 0 Å². The third-order valence-electron chi connectivity index (χ3n) is 5.04. The van der Waals surface area contributed by atoms with Crippen LogP contribution in [0.1, 0.15) is 18.4 Å². The zero-order chi connectivity index (χ0) is 19.3. The van der Waals surface area contributed by atoms with Crippen molar-refractivity contribution in [1.82, 2.24) is 9.88 Å². The summed E-state index contributed by atoms with van der Waals surface area (Å²) in [7, 11) is 0. The molecule has 1 aliphatic rings. The summed E-state index contributed by atoms with van der Waals surface area (Å²) < 4.78 is 5.44. The number of anilines is 1. The summed E-state index contributed by atoms with van der Waals surface area (Å²) >= 11 is 6.25. The molecule has 0 radical (unpaired) electrons. The SMILES string of the molecule is O=C(OCc1ccccc1)N1CCC(Nc2ccc(Cl)c3ncccc23)CC1. The predicted molar refractivity (Wildman–Crippen MR) is 112 cm³/mol. The molecule has 1 N–H and O–H groups in total. The number of ether oxygens (including phenoxy) is 1. The number of hydrogen-bond donors (Lipinski definition) is 1. The van der Waals surface area contributed by atoms with Gasteiger partial charge in [-0.15, -0.1) is 0 Å². The highest BCUT2D eigenvalue weighted by Gasteiger charge is 2.24. The molecule has 2 heterocycles. The molecule has 0 aliphatic carbocycles. The van der Waals surface area contributed by atoms with Crippen molar-refractivity contribution in [3.8, 4) is 0 Å². The number of carbonyl (C=O) groups excluding carboxylic acids is 1. The van der Waals surface area contributed by atoms with Gasteiger partial charge in [-0.05, 0) is 42.7 Å². The number of rotatable bonds is 4. The fourth-order valence-corrected chi connectivity index (χ4v) is 3.71. The zero-order valence-electron chi connectivity index (χ0n) is 15.5. The van der Waals surface area contributed by atoms with E-state index in [0.29, 0.717) is 30.8 Å². The number of nitrogens with zero attached hydrogens (tertiary/aromatic N) is 2. The molecule has 0 saturated carbocycles. The fourth-order valence-electron chi connectivity index (χ4n) is 3.50. The second-order valence-electron chi connectivity index (χ2n) is 6.94. The number of hydrogen-bond acceptors (Lipinski definition) is 4. The van der Waals surface area contributed by atoms with E-state index >= 15 is 0 Å². The number of pyridine rings is 1. The van der Waals surface area contributed by atoms with E-state index in [9.17, 15) is 4.79 Å². The Bertz CT molecular complexity index is 956. The lowest BCUT2D eigenvalue weighted by molar-refractivity contribution is 0.0882. The van der Waals surface area contributed by atoms with E-state index in [2.05, 4.69) is 10.3 Å². The third kappa shape index (κ3) is 4.20. The highest BCUT2D eigenvalue weighted by atomic mass is 35.5. The molecule has 6 heteroatoms. The Balaban J connectivity index is 1.32. The summed E-state index contributed by atoms with van der Waals surface area (Å²) in [5, 5.41) is 5.25. The van der Waals surface area contributed by atoms with Crippen LogP contribution < -0.4 is 5.32 Å². The van der Waals surface area contributed by atoms with Crippen molar-refractivity contribution in [2.75, 3.05) is 18.4 Å². The molecule has 0 unspecified atom stereocenters. The first-order valence-corrected chi connectivity index (χ1v) is 9.84. The monoisotopic (exact) mass is 395 g/mol. The van der Waals surface area contributed by atoms with E-state index < -0.39 is 0 Å². The molecule has 28 heavy (non-hydrogen) atoms. The Morgan fingerprint density at radius 3 is 2.68 bits per heavy atom. The van der Waals surface area contributed by atoms with Crippen LogP contribution in [-0.2, 0) is 11.3 Å². The summed E-state index contributed by atoms with van der Waals surface area (Å²) in [6.07, 6.45) is 3.23. The summed E-state index contributed by atoms with van der Waals surface area (Å²) in [6, 6.07) is 17.8. The average molecular weight is 396 g/mol. The molecule has 4 rings (SSSR count). The van der Waals surface area contributed by atoms with Crippen molar-refractivity contribution >= 4 is 34.3 Å². The molecule has 1 fully saturated rings. The van der Waals surface area contributed by atoms with Crippen LogP contribution in [-0.4, -0.2) is 35.1 Å². The molecule has 5 nitrogen and oxygen atoms in total. The van der Waals surface area contributed by atoms with E-state index in [1.165, 1.54) is 0 Å². The molecule has 0 spiro atoms. The number of amides is 1. The summed E-state index contributed by atoms with van der Waals surface area (Å²) in [5.41, 5.74) is 2.82. The van der Waals surface area contributed by atoms with Gasteiger partial charge < -0.3 is 15.0 Å². The lowest BCUT2D eigenvalue weighted by Crippen LogP contribution is -2.42. The van der Waals surface area contributed by atoms with Gasteiger partial charge in [-0.25, -0.2) is 4.79 Å². The maximum atomic E-state index is 12.3. The first-order valence-electron chi connectivity index (χ1n) is 9.46. The van der Waals surface area contributed by atoms with Crippen molar-refractivity contribution in [3.05, 3.63) is 71.4 Å². The van der Waals surface area contributed by atoms with Gasteiger partial charge in [0.25, 0.3) is 0 Å². The average Bonchev–Trinajstić information content (AvgIpc) is 2.75. The van der Waals surface area contributed by atoms with E-state index in [0.717, 1.165) is 35.0 Å². The van der Waals surface area contributed by atoms with Gasteiger partial charge in [0, 0.05) is 36.4 Å². The highest BCUT2D eigenvalue weighted by Crippen LogP contribution is 2.29. The Labute approximate surface area is 169 Å². The van der Waals surface area contributed by atoms with Crippen LogP contribution in [0.5, 0.6) is 0 Å².